The first kappa shape index (κ1) is 24.2. The number of aromatic nitrogens is 6. The van der Waals surface area contributed by atoms with Gasteiger partial charge in [-0.3, -0.25) is 4.98 Å². The molecule has 36 heavy (non-hydrogen) atoms. The molecule has 1 unspecified atom stereocenters. The summed E-state index contributed by atoms with van der Waals surface area (Å²) in [5, 5.41) is 32.2. The fourth-order valence-corrected chi connectivity index (χ4v) is 4.89. The Morgan fingerprint density at radius 2 is 1.83 bits per heavy atom. The summed E-state index contributed by atoms with van der Waals surface area (Å²) in [7, 11) is 0. The standard InChI is InChI=1S/C26H34N8O2/c1-18-4-3-5-23-25(18)31-26(34(23)15-22-24(36)7-6-19(2)29-22)30-20-8-11-32(12-9-20)14-21(35)10-13-33-16-27-28-17-33/h3-7,16-17,20-21,35-36H,8-15H2,1-2H3,(H,30,31). The first-order valence-corrected chi connectivity index (χ1v) is 12.6. The Morgan fingerprint density at radius 3 is 2.61 bits per heavy atom. The zero-order valence-electron chi connectivity index (χ0n) is 20.9. The number of rotatable bonds is 9. The molecule has 1 fully saturated rings. The van der Waals surface area contributed by atoms with Gasteiger partial charge in [-0.05, 0) is 56.9 Å². The minimum atomic E-state index is -0.376. The van der Waals surface area contributed by atoms with E-state index in [4.69, 9.17) is 4.98 Å². The third-order valence-corrected chi connectivity index (χ3v) is 6.95. The molecule has 1 atom stereocenters. The van der Waals surface area contributed by atoms with Crippen LogP contribution in [0.3, 0.4) is 0 Å². The average molecular weight is 491 g/mol. The van der Waals surface area contributed by atoms with Crippen molar-refractivity contribution >= 4 is 17.0 Å². The number of pyridine rings is 1. The molecule has 3 N–H and O–H groups in total. The van der Waals surface area contributed by atoms with Crippen LogP contribution in [0.5, 0.6) is 5.75 Å². The lowest BCUT2D eigenvalue weighted by Gasteiger charge is -2.33. The minimum absolute atomic E-state index is 0.192. The predicted octanol–water partition coefficient (Wildman–Crippen LogP) is 2.72. The number of fused-ring (bicyclic) bond motifs is 1. The van der Waals surface area contributed by atoms with Gasteiger partial charge in [0, 0.05) is 37.9 Å². The number of likely N-dealkylation sites (tertiary alicyclic amines) is 1. The van der Waals surface area contributed by atoms with Crippen molar-refractivity contribution in [2.75, 3.05) is 25.0 Å². The number of anilines is 1. The van der Waals surface area contributed by atoms with Crippen molar-refractivity contribution in [1.82, 2.24) is 34.2 Å². The second-order valence-electron chi connectivity index (χ2n) is 9.74. The Labute approximate surface area is 210 Å². The van der Waals surface area contributed by atoms with Crippen LogP contribution in [0.2, 0.25) is 0 Å². The summed E-state index contributed by atoms with van der Waals surface area (Å²) in [5.74, 6) is 0.992. The lowest BCUT2D eigenvalue weighted by Crippen LogP contribution is -2.43. The smallest absolute Gasteiger partial charge is 0.204 e. The highest BCUT2D eigenvalue weighted by atomic mass is 16.3. The van der Waals surface area contributed by atoms with E-state index in [9.17, 15) is 10.2 Å². The molecule has 1 aliphatic rings. The Hall–Kier alpha value is -3.50. The summed E-state index contributed by atoms with van der Waals surface area (Å²) in [6.45, 7) is 7.66. The summed E-state index contributed by atoms with van der Waals surface area (Å²) in [5.41, 5.74) is 4.60. The summed E-state index contributed by atoms with van der Waals surface area (Å²) in [6.07, 6.45) is 5.59. The maximum Gasteiger partial charge on any atom is 0.204 e. The van der Waals surface area contributed by atoms with Crippen molar-refractivity contribution < 1.29 is 10.2 Å². The average Bonchev–Trinajstić information content (AvgIpc) is 3.51. The van der Waals surface area contributed by atoms with E-state index < -0.39 is 0 Å². The van der Waals surface area contributed by atoms with Gasteiger partial charge in [0.05, 0.1) is 23.7 Å². The number of piperidine rings is 1. The number of β-amino-alcohol motifs (C(OH)–C–C–N with tert-alkyl or cyclic N) is 1. The van der Waals surface area contributed by atoms with Crippen molar-refractivity contribution in [3.8, 4) is 5.75 Å². The molecule has 0 spiro atoms. The second kappa shape index (κ2) is 10.6. The van der Waals surface area contributed by atoms with Gasteiger partial charge in [0.25, 0.3) is 0 Å². The van der Waals surface area contributed by atoms with Crippen molar-refractivity contribution in [3.05, 3.63) is 59.9 Å². The van der Waals surface area contributed by atoms with E-state index in [2.05, 4.69) is 49.0 Å². The lowest BCUT2D eigenvalue weighted by atomic mass is 10.0. The molecule has 3 aromatic heterocycles. The summed E-state index contributed by atoms with van der Waals surface area (Å²) in [4.78, 5) is 11.8. The SMILES string of the molecule is Cc1ccc(O)c(Cn2c(NC3CCN(CC(O)CCn4cnnc4)CC3)nc3c(C)cccc32)n1. The van der Waals surface area contributed by atoms with Gasteiger partial charge < -0.3 is 29.6 Å². The molecule has 0 radical (unpaired) electrons. The third kappa shape index (κ3) is 5.50. The number of aliphatic hydroxyl groups is 1. The second-order valence-corrected chi connectivity index (χ2v) is 9.74. The van der Waals surface area contributed by atoms with Crippen LogP contribution >= 0.6 is 0 Å². The predicted molar refractivity (Wildman–Crippen MR) is 138 cm³/mol. The fraction of sp³-hybridized carbons (Fsp3) is 0.462. The number of para-hydroxylation sites is 1. The zero-order valence-corrected chi connectivity index (χ0v) is 20.9. The minimum Gasteiger partial charge on any atom is -0.506 e. The lowest BCUT2D eigenvalue weighted by molar-refractivity contribution is 0.0893. The molecule has 4 aromatic rings. The molecule has 4 heterocycles. The van der Waals surface area contributed by atoms with Crippen LogP contribution < -0.4 is 5.32 Å². The first-order chi connectivity index (χ1) is 17.5. The van der Waals surface area contributed by atoms with E-state index in [0.717, 1.165) is 54.2 Å². The Bertz CT molecular complexity index is 1300. The van der Waals surface area contributed by atoms with Crippen LogP contribution in [-0.4, -0.2) is 76.2 Å². The molecule has 0 amide bonds. The molecule has 1 saturated heterocycles. The highest BCUT2D eigenvalue weighted by molar-refractivity contribution is 5.82. The number of hydrogen-bond acceptors (Lipinski definition) is 8. The topological polar surface area (TPSA) is 117 Å². The summed E-state index contributed by atoms with van der Waals surface area (Å²) in [6, 6.07) is 9.97. The van der Waals surface area contributed by atoms with Crippen molar-refractivity contribution in [2.45, 2.75) is 58.3 Å². The van der Waals surface area contributed by atoms with Crippen LogP contribution in [0.1, 0.15) is 36.2 Å². The molecule has 0 aliphatic carbocycles. The fourth-order valence-electron chi connectivity index (χ4n) is 4.89. The highest BCUT2D eigenvalue weighted by Gasteiger charge is 2.23. The number of imidazole rings is 1. The van der Waals surface area contributed by atoms with Crippen molar-refractivity contribution in [1.29, 1.82) is 0 Å². The Kier molecular flexibility index (Phi) is 7.15. The molecule has 5 rings (SSSR count). The molecule has 10 nitrogen and oxygen atoms in total. The van der Waals surface area contributed by atoms with Gasteiger partial charge in [-0.15, -0.1) is 10.2 Å². The monoisotopic (exact) mass is 490 g/mol. The zero-order chi connectivity index (χ0) is 25.1. The van der Waals surface area contributed by atoms with E-state index >= 15 is 0 Å². The van der Waals surface area contributed by atoms with Gasteiger partial charge >= 0.3 is 0 Å². The van der Waals surface area contributed by atoms with Crippen molar-refractivity contribution in [3.63, 3.8) is 0 Å². The molecule has 190 valence electrons. The maximum atomic E-state index is 10.5. The largest absolute Gasteiger partial charge is 0.506 e. The summed E-state index contributed by atoms with van der Waals surface area (Å²) >= 11 is 0. The van der Waals surface area contributed by atoms with Crippen LogP contribution in [0.15, 0.2) is 43.0 Å². The van der Waals surface area contributed by atoms with E-state index in [-0.39, 0.29) is 17.9 Å². The maximum absolute atomic E-state index is 10.5. The van der Waals surface area contributed by atoms with Crippen LogP contribution in [0.4, 0.5) is 5.95 Å². The van der Waals surface area contributed by atoms with Gasteiger partial charge in [-0.2, -0.15) is 0 Å². The van der Waals surface area contributed by atoms with Gasteiger partial charge in [0.15, 0.2) is 0 Å². The Morgan fingerprint density at radius 1 is 1.06 bits per heavy atom. The van der Waals surface area contributed by atoms with E-state index in [1.54, 1.807) is 18.7 Å². The molecular formula is C26H34N8O2. The normalized spacial score (nSPS) is 16.0. The number of nitrogens with one attached hydrogen (secondary N) is 1. The third-order valence-electron chi connectivity index (χ3n) is 6.95. The molecule has 1 aromatic carbocycles. The number of aromatic hydroxyl groups is 1. The van der Waals surface area contributed by atoms with Gasteiger partial charge in [0.2, 0.25) is 5.95 Å². The number of benzene rings is 1. The summed E-state index contributed by atoms with van der Waals surface area (Å²) < 4.78 is 4.00. The van der Waals surface area contributed by atoms with Gasteiger partial charge in [-0.1, -0.05) is 12.1 Å². The molecule has 1 aliphatic heterocycles. The van der Waals surface area contributed by atoms with Crippen LogP contribution in [0, 0.1) is 13.8 Å². The number of aliphatic hydroxyl groups excluding tert-OH is 1. The van der Waals surface area contributed by atoms with E-state index in [1.807, 2.05) is 23.6 Å². The van der Waals surface area contributed by atoms with Crippen LogP contribution in [-0.2, 0) is 13.1 Å². The van der Waals surface area contributed by atoms with Crippen molar-refractivity contribution in [2.24, 2.45) is 0 Å². The quantitative estimate of drug-likeness (QED) is 0.328. The molecular weight excluding hydrogens is 456 g/mol. The van der Waals surface area contributed by atoms with Crippen LogP contribution in [0.25, 0.3) is 11.0 Å². The van der Waals surface area contributed by atoms with E-state index in [0.29, 0.717) is 31.7 Å². The molecule has 0 bridgehead atoms. The molecule has 0 saturated carbocycles. The number of nitrogens with zero attached hydrogens (tertiary/aromatic N) is 7. The first-order valence-electron chi connectivity index (χ1n) is 12.6. The Balaban J connectivity index is 1.24. The number of aryl methyl sites for hydroxylation is 3. The number of hydrogen-bond donors (Lipinski definition) is 3. The molecule has 10 heteroatoms. The highest BCUT2D eigenvalue weighted by Crippen LogP contribution is 2.27. The van der Waals surface area contributed by atoms with Gasteiger partial charge in [0.1, 0.15) is 24.1 Å². The van der Waals surface area contributed by atoms with E-state index in [1.165, 1.54) is 0 Å². The van der Waals surface area contributed by atoms with Gasteiger partial charge in [-0.25, -0.2) is 4.98 Å².